The van der Waals surface area contributed by atoms with Crippen LogP contribution in [0.25, 0.3) is 33.1 Å². The highest BCUT2D eigenvalue weighted by molar-refractivity contribution is 6.02. The van der Waals surface area contributed by atoms with Crippen molar-refractivity contribution in [1.82, 2.24) is 19.8 Å². The number of morpholine rings is 1. The van der Waals surface area contributed by atoms with Crippen LogP contribution in [0.15, 0.2) is 79.0 Å². The molecule has 2 fully saturated rings. The van der Waals surface area contributed by atoms with E-state index in [-0.39, 0.29) is 18.4 Å². The Kier molecular flexibility index (Phi) is 8.70. The number of nitrogens with zero attached hydrogens (tertiary/aromatic N) is 2. The van der Waals surface area contributed by atoms with Crippen molar-refractivity contribution >= 4 is 39.9 Å². The van der Waals surface area contributed by atoms with E-state index < -0.39 is 6.04 Å². The lowest BCUT2D eigenvalue weighted by Gasteiger charge is -2.28. The third-order valence-corrected chi connectivity index (χ3v) is 9.68. The number of ether oxygens (including phenoxy) is 1. The molecule has 2 aromatic heterocycles. The zero-order valence-corrected chi connectivity index (χ0v) is 26.0. The van der Waals surface area contributed by atoms with Crippen molar-refractivity contribution in [3.63, 3.8) is 0 Å². The van der Waals surface area contributed by atoms with E-state index in [4.69, 9.17) is 4.74 Å². The second-order valence-electron chi connectivity index (χ2n) is 12.6. The molecular weight excluding hydrogens is 576 g/mol. The molecule has 7 rings (SSSR count). The van der Waals surface area contributed by atoms with Gasteiger partial charge in [0, 0.05) is 47.6 Å². The Morgan fingerprint density at radius 2 is 1.70 bits per heavy atom. The van der Waals surface area contributed by atoms with Gasteiger partial charge in [-0.15, -0.1) is 0 Å². The van der Waals surface area contributed by atoms with Gasteiger partial charge in [-0.1, -0.05) is 73.9 Å². The molecule has 1 saturated heterocycles. The van der Waals surface area contributed by atoms with Crippen molar-refractivity contribution in [2.45, 2.75) is 57.0 Å². The smallest absolute Gasteiger partial charge is 0.251 e. The molecule has 0 radical (unpaired) electrons. The van der Waals surface area contributed by atoms with E-state index in [1.807, 2.05) is 71.8 Å². The van der Waals surface area contributed by atoms with Crippen LogP contribution in [0.1, 0.15) is 59.5 Å². The van der Waals surface area contributed by atoms with Crippen molar-refractivity contribution in [1.29, 1.82) is 0 Å². The summed E-state index contributed by atoms with van der Waals surface area (Å²) in [7, 11) is 0. The third kappa shape index (κ3) is 5.97. The lowest BCUT2D eigenvalue weighted by Crippen LogP contribution is -2.42. The number of benzene rings is 3. The average molecular weight is 617 g/mol. The SMILES string of the molecule is O=CC(Cc1c[nH]c2ccccc12)NC(=O)c1ccc2c(C3CCCCC3)c(-c3ccccc3)n(CC(=O)N3CCOCC3)c2c1. The molecule has 2 N–H and O–H groups in total. The second kappa shape index (κ2) is 13.3. The van der Waals surface area contributed by atoms with Crippen LogP contribution in [-0.4, -0.2) is 64.9 Å². The van der Waals surface area contributed by atoms with Crippen LogP contribution >= 0.6 is 0 Å². The van der Waals surface area contributed by atoms with Gasteiger partial charge in [0.15, 0.2) is 0 Å². The zero-order chi connectivity index (χ0) is 31.5. The Balaban J connectivity index is 1.27. The first kappa shape index (κ1) is 30.0. The molecule has 5 aromatic rings. The third-order valence-electron chi connectivity index (χ3n) is 9.68. The Morgan fingerprint density at radius 1 is 0.935 bits per heavy atom. The van der Waals surface area contributed by atoms with Gasteiger partial charge in [-0.2, -0.15) is 0 Å². The summed E-state index contributed by atoms with van der Waals surface area (Å²) in [6, 6.07) is 23.4. The number of hydrogen-bond donors (Lipinski definition) is 2. The van der Waals surface area contributed by atoms with Gasteiger partial charge in [-0.25, -0.2) is 0 Å². The molecule has 2 amide bonds. The molecule has 2 aliphatic rings. The summed E-state index contributed by atoms with van der Waals surface area (Å²) in [4.78, 5) is 44.8. The molecule has 1 atom stereocenters. The number of carbonyl (C=O) groups is 3. The van der Waals surface area contributed by atoms with Crippen molar-refractivity contribution in [2.24, 2.45) is 0 Å². The van der Waals surface area contributed by atoms with Crippen LogP contribution in [0, 0.1) is 0 Å². The quantitative estimate of drug-likeness (QED) is 0.192. The van der Waals surface area contributed by atoms with Crippen LogP contribution in [0.3, 0.4) is 0 Å². The van der Waals surface area contributed by atoms with Gasteiger partial charge in [-0.05, 0) is 53.6 Å². The summed E-state index contributed by atoms with van der Waals surface area (Å²) in [6.45, 7) is 2.41. The van der Waals surface area contributed by atoms with Gasteiger partial charge in [0.25, 0.3) is 5.91 Å². The summed E-state index contributed by atoms with van der Waals surface area (Å²) in [5, 5.41) is 5.08. The van der Waals surface area contributed by atoms with Gasteiger partial charge in [-0.3, -0.25) is 9.59 Å². The largest absolute Gasteiger partial charge is 0.378 e. The van der Waals surface area contributed by atoms with Crippen LogP contribution in [0.2, 0.25) is 0 Å². The van der Waals surface area contributed by atoms with Crippen LogP contribution in [0.4, 0.5) is 0 Å². The monoisotopic (exact) mass is 616 g/mol. The van der Waals surface area contributed by atoms with E-state index in [1.165, 1.54) is 24.8 Å². The predicted octanol–water partition coefficient (Wildman–Crippen LogP) is 6.24. The van der Waals surface area contributed by atoms with E-state index in [9.17, 15) is 14.4 Å². The van der Waals surface area contributed by atoms with Gasteiger partial charge >= 0.3 is 0 Å². The molecule has 3 heterocycles. The molecular formula is C38H40N4O4. The maximum atomic E-state index is 13.8. The van der Waals surface area contributed by atoms with Gasteiger partial charge in [0.2, 0.25) is 5.91 Å². The number of para-hydroxylation sites is 1. The first-order chi connectivity index (χ1) is 22.6. The van der Waals surface area contributed by atoms with Crippen LogP contribution in [0.5, 0.6) is 0 Å². The summed E-state index contributed by atoms with van der Waals surface area (Å²) in [5.74, 6) is 0.107. The Bertz CT molecular complexity index is 1860. The minimum atomic E-state index is -0.685. The fraction of sp³-hybridized carbons (Fsp3) is 0.342. The number of aromatic amines is 1. The molecule has 8 heteroatoms. The fourth-order valence-electron chi connectivity index (χ4n) is 7.36. The highest BCUT2D eigenvalue weighted by Crippen LogP contribution is 2.44. The van der Waals surface area contributed by atoms with Crippen LogP contribution < -0.4 is 5.32 Å². The Hall–Kier alpha value is -4.69. The van der Waals surface area contributed by atoms with E-state index in [1.54, 1.807) is 0 Å². The average Bonchev–Trinajstić information content (AvgIpc) is 3.67. The molecule has 0 bridgehead atoms. The molecule has 1 unspecified atom stereocenters. The van der Waals surface area contributed by atoms with Gasteiger partial charge in [0.05, 0.1) is 30.5 Å². The minimum absolute atomic E-state index is 0.0437. The molecule has 0 spiro atoms. The van der Waals surface area contributed by atoms with Crippen LogP contribution in [-0.2, 0) is 27.3 Å². The number of aromatic nitrogens is 2. The molecule has 46 heavy (non-hydrogen) atoms. The minimum Gasteiger partial charge on any atom is -0.378 e. The normalized spacial score (nSPS) is 16.5. The number of carbonyl (C=O) groups excluding carboxylic acids is 3. The first-order valence-corrected chi connectivity index (χ1v) is 16.5. The van der Waals surface area contributed by atoms with E-state index in [2.05, 4.69) is 27.0 Å². The maximum absolute atomic E-state index is 13.8. The van der Waals surface area contributed by atoms with Crippen molar-refractivity contribution in [3.05, 3.63) is 95.7 Å². The number of amides is 2. The Morgan fingerprint density at radius 3 is 2.48 bits per heavy atom. The fourth-order valence-corrected chi connectivity index (χ4v) is 7.36. The van der Waals surface area contributed by atoms with Gasteiger partial charge in [0.1, 0.15) is 12.8 Å². The van der Waals surface area contributed by atoms with Crippen molar-refractivity contribution in [3.8, 4) is 11.3 Å². The van der Waals surface area contributed by atoms with Crippen molar-refractivity contribution in [2.75, 3.05) is 26.3 Å². The number of H-pyrrole nitrogens is 1. The first-order valence-electron chi connectivity index (χ1n) is 16.5. The number of fused-ring (bicyclic) bond motifs is 2. The summed E-state index contributed by atoms with van der Waals surface area (Å²) in [5.41, 5.74) is 6.70. The standard InChI is InChI=1S/C38H40N4O4/c43-25-30(21-29-23-39-33-14-8-7-13-31(29)33)40-38(45)28-15-16-32-34(22-28)42(24-35(44)41-17-19-46-20-18-41)37(27-11-5-2-6-12-27)36(32)26-9-3-1-4-10-26/h2,5-8,11-16,22-23,25-26,30,39H,1,3-4,9-10,17-21,24H2,(H,40,45). The maximum Gasteiger partial charge on any atom is 0.251 e. The number of nitrogens with one attached hydrogen (secondary N) is 2. The second-order valence-corrected chi connectivity index (χ2v) is 12.6. The number of hydrogen-bond acceptors (Lipinski definition) is 4. The molecule has 1 saturated carbocycles. The highest BCUT2D eigenvalue weighted by atomic mass is 16.5. The summed E-state index contributed by atoms with van der Waals surface area (Å²) in [6.07, 6.45) is 8.90. The molecule has 236 valence electrons. The molecule has 1 aliphatic carbocycles. The lowest BCUT2D eigenvalue weighted by atomic mass is 9.82. The van der Waals surface area contributed by atoms with Crippen molar-refractivity contribution < 1.29 is 19.1 Å². The van der Waals surface area contributed by atoms with E-state index >= 15 is 0 Å². The Labute approximate surface area is 268 Å². The summed E-state index contributed by atoms with van der Waals surface area (Å²) >= 11 is 0. The highest BCUT2D eigenvalue weighted by Gasteiger charge is 2.29. The zero-order valence-electron chi connectivity index (χ0n) is 26.0. The number of rotatable bonds is 9. The van der Waals surface area contributed by atoms with Gasteiger partial charge < -0.3 is 29.3 Å². The number of aldehydes is 1. The van der Waals surface area contributed by atoms with E-state index in [0.29, 0.717) is 44.2 Å². The summed E-state index contributed by atoms with van der Waals surface area (Å²) < 4.78 is 7.64. The molecule has 1 aliphatic heterocycles. The molecule has 8 nitrogen and oxygen atoms in total. The van der Waals surface area contributed by atoms with E-state index in [0.717, 1.165) is 57.8 Å². The molecule has 3 aromatic carbocycles. The lowest BCUT2D eigenvalue weighted by molar-refractivity contribution is -0.135. The predicted molar refractivity (Wildman–Crippen MR) is 180 cm³/mol. The topological polar surface area (TPSA) is 96.4 Å².